The predicted molar refractivity (Wildman–Crippen MR) is 79.8 cm³/mol. The van der Waals surface area contributed by atoms with Crippen LogP contribution in [0.25, 0.3) is 0 Å². The highest BCUT2D eigenvalue weighted by Crippen LogP contribution is 2.34. The van der Waals surface area contributed by atoms with Crippen LogP contribution in [-0.4, -0.2) is 31.0 Å². The van der Waals surface area contributed by atoms with E-state index in [9.17, 15) is 13.2 Å². The van der Waals surface area contributed by atoms with Crippen molar-refractivity contribution in [1.82, 2.24) is 4.31 Å². The van der Waals surface area contributed by atoms with Gasteiger partial charge in [-0.1, -0.05) is 28.1 Å². The molecule has 2 rings (SSSR count). The van der Waals surface area contributed by atoms with Crippen LogP contribution in [0.15, 0.2) is 28.7 Å². The maximum Gasteiger partial charge on any atom is 0.426 e. The fourth-order valence-corrected chi connectivity index (χ4v) is 3.45. The van der Waals surface area contributed by atoms with Gasteiger partial charge in [0, 0.05) is 4.47 Å². The van der Waals surface area contributed by atoms with Gasteiger partial charge in [0.15, 0.2) is 0 Å². The molecule has 0 aliphatic carbocycles. The van der Waals surface area contributed by atoms with Crippen molar-refractivity contribution in [3.63, 3.8) is 0 Å². The number of nitrogens with zero attached hydrogens (tertiary/aromatic N) is 1. The molecule has 0 aromatic heterocycles. The van der Waals surface area contributed by atoms with Gasteiger partial charge in [0.05, 0.1) is 6.61 Å². The molecule has 1 amide bonds. The Hall–Kier alpha value is -1.12. The predicted octanol–water partition coefficient (Wildman–Crippen LogP) is 3.00. The number of ether oxygens (including phenoxy) is 1. The van der Waals surface area contributed by atoms with Crippen molar-refractivity contribution >= 4 is 32.3 Å². The highest BCUT2D eigenvalue weighted by Gasteiger charge is 2.45. The molecule has 1 fully saturated rings. The van der Waals surface area contributed by atoms with Gasteiger partial charge in [0.25, 0.3) is 0 Å². The van der Waals surface area contributed by atoms with Gasteiger partial charge >= 0.3 is 16.4 Å². The molecule has 1 atom stereocenters. The lowest BCUT2D eigenvalue weighted by Gasteiger charge is -2.26. The molecule has 0 saturated carbocycles. The minimum absolute atomic E-state index is 0.127. The summed E-state index contributed by atoms with van der Waals surface area (Å²) in [7, 11) is -4.13. The molecule has 116 valence electrons. The normalized spacial score (nSPS) is 21.3. The lowest BCUT2D eigenvalue weighted by atomic mass is 10.1. The van der Waals surface area contributed by atoms with Crippen molar-refractivity contribution in [2.45, 2.75) is 32.4 Å². The minimum Gasteiger partial charge on any atom is -0.443 e. The molecule has 6 nitrogen and oxygen atoms in total. The molecule has 0 bridgehead atoms. The SMILES string of the molecule is CC(C)(C)OC(=O)N1[C@H](c2cccc(Br)c2)COS1(=O)=O. The summed E-state index contributed by atoms with van der Waals surface area (Å²) in [5, 5.41) is 0. The molecule has 0 unspecified atom stereocenters. The number of carbonyl (C=O) groups is 1. The first-order chi connectivity index (χ1) is 9.60. The highest BCUT2D eigenvalue weighted by atomic mass is 79.9. The molecule has 0 spiro atoms. The van der Waals surface area contributed by atoms with E-state index in [1.807, 2.05) is 6.07 Å². The summed E-state index contributed by atoms with van der Waals surface area (Å²) >= 11 is 3.32. The molecule has 1 aliphatic rings. The zero-order chi connectivity index (χ0) is 15.8. The maximum atomic E-state index is 12.2. The van der Waals surface area contributed by atoms with Gasteiger partial charge in [-0.15, -0.1) is 0 Å². The van der Waals surface area contributed by atoms with Gasteiger partial charge in [-0.2, -0.15) is 12.7 Å². The van der Waals surface area contributed by atoms with E-state index in [1.165, 1.54) is 0 Å². The molecule has 1 aromatic rings. The second-order valence-corrected chi connectivity index (χ2v) is 7.99. The van der Waals surface area contributed by atoms with Crippen LogP contribution < -0.4 is 0 Å². The summed E-state index contributed by atoms with van der Waals surface area (Å²) in [5.41, 5.74) is -0.145. The van der Waals surface area contributed by atoms with Crippen LogP contribution in [0.2, 0.25) is 0 Å². The third-order valence-corrected chi connectivity index (χ3v) is 4.52. The summed E-state index contributed by atoms with van der Waals surface area (Å²) in [6.07, 6.45) is -0.940. The minimum atomic E-state index is -4.13. The van der Waals surface area contributed by atoms with Crippen LogP contribution in [0, 0.1) is 0 Å². The van der Waals surface area contributed by atoms with Gasteiger partial charge in [-0.25, -0.2) is 4.79 Å². The van der Waals surface area contributed by atoms with E-state index >= 15 is 0 Å². The topological polar surface area (TPSA) is 72.9 Å². The zero-order valence-electron chi connectivity index (χ0n) is 11.9. The standard InChI is InChI=1S/C13H16BrNO5S/c1-13(2,3)20-12(16)15-11(8-19-21(15,17)18)9-5-4-6-10(14)7-9/h4-7,11H,8H2,1-3H3/t11-/m0/s1. The summed E-state index contributed by atoms with van der Waals surface area (Å²) < 4.78 is 35.3. The van der Waals surface area contributed by atoms with Crippen LogP contribution in [0.5, 0.6) is 0 Å². The Morgan fingerprint density at radius 3 is 2.67 bits per heavy atom. The van der Waals surface area contributed by atoms with E-state index < -0.39 is 28.0 Å². The Balaban J connectivity index is 2.36. The van der Waals surface area contributed by atoms with E-state index in [0.717, 1.165) is 4.47 Å². The van der Waals surface area contributed by atoms with Gasteiger partial charge in [0.2, 0.25) is 0 Å². The third-order valence-electron chi connectivity index (χ3n) is 2.71. The summed E-state index contributed by atoms with van der Waals surface area (Å²) in [4.78, 5) is 12.2. The van der Waals surface area contributed by atoms with Gasteiger partial charge in [-0.3, -0.25) is 4.18 Å². The van der Waals surface area contributed by atoms with Crippen molar-refractivity contribution in [3.8, 4) is 0 Å². The van der Waals surface area contributed by atoms with Gasteiger partial charge in [-0.05, 0) is 38.5 Å². The van der Waals surface area contributed by atoms with Crippen LogP contribution in [-0.2, 0) is 19.2 Å². The molecule has 0 radical (unpaired) electrons. The molecule has 1 heterocycles. The fourth-order valence-electron chi connectivity index (χ4n) is 1.90. The molecule has 8 heteroatoms. The quantitative estimate of drug-likeness (QED) is 0.751. The molecular weight excluding hydrogens is 362 g/mol. The van der Waals surface area contributed by atoms with Crippen molar-refractivity contribution < 1.29 is 22.1 Å². The Bertz CT molecular complexity index is 653. The summed E-state index contributed by atoms with van der Waals surface area (Å²) in [5.74, 6) is 0. The van der Waals surface area contributed by atoms with Crippen LogP contribution in [0.3, 0.4) is 0 Å². The van der Waals surface area contributed by atoms with E-state index in [1.54, 1.807) is 39.0 Å². The average molecular weight is 378 g/mol. The fraction of sp³-hybridized carbons (Fsp3) is 0.462. The zero-order valence-corrected chi connectivity index (χ0v) is 14.3. The number of carbonyl (C=O) groups excluding carboxylic acids is 1. The first-order valence-electron chi connectivity index (χ1n) is 6.27. The Morgan fingerprint density at radius 2 is 2.10 bits per heavy atom. The number of halogens is 1. The summed E-state index contributed by atoms with van der Waals surface area (Å²) in [6, 6.07) is 6.31. The van der Waals surface area contributed by atoms with E-state index in [2.05, 4.69) is 15.9 Å². The average Bonchev–Trinajstić information content (AvgIpc) is 2.62. The monoisotopic (exact) mass is 377 g/mol. The molecule has 0 N–H and O–H groups in total. The number of hydrogen-bond acceptors (Lipinski definition) is 5. The molecule has 1 aliphatic heterocycles. The first kappa shape index (κ1) is 16.3. The van der Waals surface area contributed by atoms with E-state index in [0.29, 0.717) is 9.87 Å². The molecule has 21 heavy (non-hydrogen) atoms. The highest BCUT2D eigenvalue weighted by molar-refractivity contribution is 9.10. The third kappa shape index (κ3) is 3.75. The Labute approximate surface area is 132 Å². The van der Waals surface area contributed by atoms with Crippen molar-refractivity contribution in [2.24, 2.45) is 0 Å². The maximum absolute atomic E-state index is 12.2. The van der Waals surface area contributed by atoms with Crippen molar-refractivity contribution in [2.75, 3.05) is 6.61 Å². The van der Waals surface area contributed by atoms with Crippen molar-refractivity contribution in [3.05, 3.63) is 34.3 Å². The number of hydrogen-bond donors (Lipinski definition) is 0. The molecule has 1 aromatic carbocycles. The number of rotatable bonds is 1. The second-order valence-electron chi connectivity index (χ2n) is 5.59. The second kappa shape index (κ2) is 5.58. The molecular formula is C13H16BrNO5S. The number of amides is 1. The summed E-state index contributed by atoms with van der Waals surface area (Å²) in [6.45, 7) is 4.88. The van der Waals surface area contributed by atoms with Gasteiger partial charge in [0.1, 0.15) is 11.6 Å². The first-order valence-corrected chi connectivity index (χ1v) is 8.43. The van der Waals surface area contributed by atoms with Crippen LogP contribution in [0.4, 0.5) is 4.79 Å². The van der Waals surface area contributed by atoms with E-state index in [4.69, 9.17) is 8.92 Å². The lowest BCUT2D eigenvalue weighted by Crippen LogP contribution is -2.39. The smallest absolute Gasteiger partial charge is 0.426 e. The molecule has 1 saturated heterocycles. The van der Waals surface area contributed by atoms with Crippen molar-refractivity contribution in [1.29, 1.82) is 0 Å². The van der Waals surface area contributed by atoms with Gasteiger partial charge < -0.3 is 4.74 Å². The Kier molecular flexibility index (Phi) is 4.32. The Morgan fingerprint density at radius 1 is 1.43 bits per heavy atom. The largest absolute Gasteiger partial charge is 0.443 e. The van der Waals surface area contributed by atoms with E-state index in [-0.39, 0.29) is 6.61 Å². The van der Waals surface area contributed by atoms with Crippen LogP contribution >= 0.6 is 15.9 Å². The van der Waals surface area contributed by atoms with Crippen LogP contribution in [0.1, 0.15) is 32.4 Å². The lowest BCUT2D eigenvalue weighted by molar-refractivity contribution is 0.0356. The number of benzene rings is 1.